The Hall–Kier alpha value is -1.81. The van der Waals surface area contributed by atoms with E-state index in [0.717, 1.165) is 15.6 Å². The minimum absolute atomic E-state index is 0.180. The Morgan fingerprint density at radius 3 is 2.16 bits per heavy atom. The molecular weight excluding hydrogens is 308 g/mol. The molecule has 2 aromatic carbocycles. The Morgan fingerprint density at radius 1 is 1.05 bits per heavy atom. The third-order valence-electron chi connectivity index (χ3n) is 2.95. The summed E-state index contributed by atoms with van der Waals surface area (Å²) in [6, 6.07) is 13.9. The number of benzene rings is 2. The number of carboxylic acid groups (broad SMARTS) is 1. The fraction of sp³-hybridized carbons (Fsp3) is 0.133. The molecule has 0 saturated heterocycles. The first kappa shape index (κ1) is 13.6. The first-order chi connectivity index (χ1) is 9.06. The van der Waals surface area contributed by atoms with Crippen LogP contribution in [-0.4, -0.2) is 16.2 Å². The van der Waals surface area contributed by atoms with Gasteiger partial charge in [-0.25, -0.2) is 0 Å². The highest BCUT2D eigenvalue weighted by atomic mass is 79.9. The smallest absolute Gasteiger partial charge is 0.311 e. The Balaban J connectivity index is 2.23. The normalized spacial score (nSPS) is 12.1. The maximum Gasteiger partial charge on any atom is 0.311 e. The van der Waals surface area contributed by atoms with Crippen molar-refractivity contribution >= 4 is 21.9 Å². The second-order valence-corrected chi connectivity index (χ2v) is 5.23. The van der Waals surface area contributed by atoms with Crippen LogP contribution in [0.15, 0.2) is 53.0 Å². The Kier molecular flexibility index (Phi) is 4.22. The van der Waals surface area contributed by atoms with Gasteiger partial charge in [0.2, 0.25) is 0 Å². The summed E-state index contributed by atoms with van der Waals surface area (Å²) in [4.78, 5) is 11.4. The Bertz CT molecular complexity index is 561. The number of phenols is 1. The van der Waals surface area contributed by atoms with E-state index in [4.69, 9.17) is 0 Å². The van der Waals surface area contributed by atoms with Crippen molar-refractivity contribution in [1.82, 2.24) is 0 Å². The molecule has 0 fully saturated rings. The van der Waals surface area contributed by atoms with E-state index in [9.17, 15) is 15.0 Å². The third-order valence-corrected chi connectivity index (χ3v) is 3.48. The second-order valence-electron chi connectivity index (χ2n) is 4.31. The van der Waals surface area contributed by atoms with E-state index < -0.39 is 11.9 Å². The van der Waals surface area contributed by atoms with E-state index in [2.05, 4.69) is 15.9 Å². The topological polar surface area (TPSA) is 57.5 Å². The molecule has 0 bridgehead atoms. The van der Waals surface area contributed by atoms with Crippen molar-refractivity contribution in [3.05, 3.63) is 64.1 Å². The molecule has 2 N–H and O–H groups in total. The minimum Gasteiger partial charge on any atom is -0.508 e. The number of hydrogen-bond donors (Lipinski definition) is 2. The van der Waals surface area contributed by atoms with E-state index in [0.29, 0.717) is 6.42 Å². The van der Waals surface area contributed by atoms with Crippen LogP contribution in [0.25, 0.3) is 0 Å². The van der Waals surface area contributed by atoms with Crippen LogP contribution in [0.5, 0.6) is 5.75 Å². The van der Waals surface area contributed by atoms with Gasteiger partial charge < -0.3 is 10.2 Å². The molecule has 1 unspecified atom stereocenters. The lowest BCUT2D eigenvalue weighted by Crippen LogP contribution is -2.14. The highest BCUT2D eigenvalue weighted by Gasteiger charge is 2.20. The largest absolute Gasteiger partial charge is 0.508 e. The van der Waals surface area contributed by atoms with Crippen molar-refractivity contribution in [2.45, 2.75) is 12.3 Å². The molecule has 0 amide bonds. The summed E-state index contributed by atoms with van der Waals surface area (Å²) in [6.45, 7) is 0. The van der Waals surface area contributed by atoms with Crippen LogP contribution in [0.3, 0.4) is 0 Å². The van der Waals surface area contributed by atoms with Crippen molar-refractivity contribution < 1.29 is 15.0 Å². The quantitative estimate of drug-likeness (QED) is 0.905. The van der Waals surface area contributed by atoms with Crippen LogP contribution >= 0.6 is 15.9 Å². The fourth-order valence-electron chi connectivity index (χ4n) is 1.91. The van der Waals surface area contributed by atoms with Gasteiger partial charge in [-0.05, 0) is 41.8 Å². The number of aromatic hydroxyl groups is 1. The molecule has 0 heterocycles. The van der Waals surface area contributed by atoms with Crippen molar-refractivity contribution in [2.75, 3.05) is 0 Å². The molecule has 0 aliphatic heterocycles. The standard InChI is InChI=1S/C15H13BrO3/c16-12-5-3-11(4-6-12)14(15(18)19)9-10-1-7-13(17)8-2-10/h1-8,14,17H,9H2,(H,18,19). The molecule has 4 heteroatoms. The molecule has 1 atom stereocenters. The molecule has 0 radical (unpaired) electrons. The fourth-order valence-corrected chi connectivity index (χ4v) is 2.17. The lowest BCUT2D eigenvalue weighted by molar-refractivity contribution is -0.138. The average molecular weight is 321 g/mol. The highest BCUT2D eigenvalue weighted by molar-refractivity contribution is 9.10. The summed E-state index contributed by atoms with van der Waals surface area (Å²) in [7, 11) is 0. The summed E-state index contributed by atoms with van der Waals surface area (Å²) in [5, 5.41) is 18.6. The molecule has 0 aliphatic carbocycles. The molecule has 3 nitrogen and oxygen atoms in total. The summed E-state index contributed by atoms with van der Waals surface area (Å²) in [6.07, 6.45) is 0.400. The van der Waals surface area contributed by atoms with Gasteiger partial charge in [0.1, 0.15) is 5.75 Å². The van der Waals surface area contributed by atoms with Crippen molar-refractivity contribution in [3.63, 3.8) is 0 Å². The number of halogens is 1. The van der Waals surface area contributed by atoms with Gasteiger partial charge in [-0.3, -0.25) is 4.79 Å². The van der Waals surface area contributed by atoms with Gasteiger partial charge in [-0.15, -0.1) is 0 Å². The molecule has 98 valence electrons. The SMILES string of the molecule is O=C(O)C(Cc1ccc(O)cc1)c1ccc(Br)cc1. The number of phenolic OH excluding ortho intramolecular Hbond substituents is 1. The van der Waals surface area contributed by atoms with Gasteiger partial charge in [0.05, 0.1) is 5.92 Å². The molecule has 0 aromatic heterocycles. The van der Waals surface area contributed by atoms with E-state index in [1.807, 2.05) is 24.3 Å². The zero-order chi connectivity index (χ0) is 13.8. The summed E-state index contributed by atoms with van der Waals surface area (Å²) >= 11 is 3.33. The van der Waals surface area contributed by atoms with Crippen molar-refractivity contribution in [1.29, 1.82) is 0 Å². The molecule has 0 aliphatic rings. The Labute approximate surface area is 119 Å². The van der Waals surface area contributed by atoms with Gasteiger partial charge in [-0.1, -0.05) is 40.2 Å². The van der Waals surface area contributed by atoms with Gasteiger partial charge in [0, 0.05) is 4.47 Å². The van der Waals surface area contributed by atoms with Gasteiger partial charge in [0.25, 0.3) is 0 Å². The van der Waals surface area contributed by atoms with Crippen LogP contribution in [-0.2, 0) is 11.2 Å². The van der Waals surface area contributed by atoms with E-state index >= 15 is 0 Å². The van der Waals surface area contributed by atoms with Crippen LogP contribution < -0.4 is 0 Å². The summed E-state index contributed by atoms with van der Waals surface area (Å²) in [5.74, 6) is -1.26. The number of rotatable bonds is 4. The molecule has 0 saturated carbocycles. The second kappa shape index (κ2) is 5.89. The van der Waals surface area contributed by atoms with E-state index in [1.54, 1.807) is 24.3 Å². The predicted octanol–water partition coefficient (Wildman–Crippen LogP) is 3.57. The lowest BCUT2D eigenvalue weighted by atomic mass is 9.92. The van der Waals surface area contributed by atoms with Crippen LogP contribution in [0.4, 0.5) is 0 Å². The molecule has 2 aromatic rings. The number of carboxylic acids is 1. The highest BCUT2D eigenvalue weighted by Crippen LogP contribution is 2.24. The minimum atomic E-state index is -0.851. The van der Waals surface area contributed by atoms with Crippen molar-refractivity contribution in [2.24, 2.45) is 0 Å². The number of hydrogen-bond acceptors (Lipinski definition) is 2. The zero-order valence-corrected chi connectivity index (χ0v) is 11.7. The zero-order valence-electron chi connectivity index (χ0n) is 10.1. The van der Waals surface area contributed by atoms with E-state index in [1.165, 1.54) is 0 Å². The third kappa shape index (κ3) is 3.58. The van der Waals surface area contributed by atoms with Crippen LogP contribution in [0, 0.1) is 0 Å². The van der Waals surface area contributed by atoms with Gasteiger partial charge in [0.15, 0.2) is 0 Å². The first-order valence-electron chi connectivity index (χ1n) is 5.82. The average Bonchev–Trinajstić information content (AvgIpc) is 2.39. The monoisotopic (exact) mass is 320 g/mol. The number of carbonyl (C=O) groups is 1. The van der Waals surface area contributed by atoms with Gasteiger partial charge in [-0.2, -0.15) is 0 Å². The lowest BCUT2D eigenvalue weighted by Gasteiger charge is -2.13. The van der Waals surface area contributed by atoms with Crippen LogP contribution in [0.2, 0.25) is 0 Å². The molecule has 19 heavy (non-hydrogen) atoms. The maximum atomic E-state index is 11.4. The summed E-state index contributed by atoms with van der Waals surface area (Å²) < 4.78 is 0.921. The Morgan fingerprint density at radius 2 is 1.63 bits per heavy atom. The summed E-state index contributed by atoms with van der Waals surface area (Å²) in [5.41, 5.74) is 1.65. The van der Waals surface area contributed by atoms with E-state index in [-0.39, 0.29) is 5.75 Å². The van der Waals surface area contributed by atoms with Crippen LogP contribution in [0.1, 0.15) is 17.0 Å². The van der Waals surface area contributed by atoms with Gasteiger partial charge >= 0.3 is 5.97 Å². The molecule has 0 spiro atoms. The molecule has 2 rings (SSSR count). The maximum absolute atomic E-state index is 11.4. The first-order valence-corrected chi connectivity index (χ1v) is 6.62. The number of aliphatic carboxylic acids is 1. The van der Waals surface area contributed by atoms with Crippen molar-refractivity contribution in [3.8, 4) is 5.75 Å². The molecular formula is C15H13BrO3. The predicted molar refractivity (Wildman–Crippen MR) is 76.3 cm³/mol.